The maximum absolute atomic E-state index is 13.2. The highest BCUT2D eigenvalue weighted by Gasteiger charge is 2.25. The molecule has 7 heteroatoms. The molecule has 1 unspecified atom stereocenters. The van der Waals surface area contributed by atoms with Crippen LogP contribution in [0.15, 0.2) is 45.8 Å². The Kier molecular flexibility index (Phi) is 7.94. The van der Waals surface area contributed by atoms with Crippen molar-refractivity contribution in [1.29, 1.82) is 0 Å². The van der Waals surface area contributed by atoms with E-state index in [0.29, 0.717) is 31.2 Å². The van der Waals surface area contributed by atoms with Crippen molar-refractivity contribution in [2.24, 2.45) is 5.92 Å². The average molecular weight is 440 g/mol. The van der Waals surface area contributed by atoms with Gasteiger partial charge in [0.25, 0.3) is 5.56 Å². The van der Waals surface area contributed by atoms with Gasteiger partial charge in [0.2, 0.25) is 0 Å². The van der Waals surface area contributed by atoms with Crippen LogP contribution in [0.4, 0.5) is 5.69 Å². The lowest BCUT2D eigenvalue weighted by atomic mass is 10.1. The number of nitrogens with one attached hydrogen (secondary N) is 1. The van der Waals surface area contributed by atoms with Gasteiger partial charge in [-0.05, 0) is 57.9 Å². The highest BCUT2D eigenvalue weighted by Crippen LogP contribution is 2.31. The van der Waals surface area contributed by atoms with Gasteiger partial charge in [-0.25, -0.2) is 4.79 Å². The highest BCUT2D eigenvalue weighted by atomic mass is 16.2. The quantitative estimate of drug-likeness (QED) is 0.526. The number of aromatic nitrogens is 4. The first-order chi connectivity index (χ1) is 15.4. The number of anilines is 1. The molecule has 2 heterocycles. The first kappa shape index (κ1) is 23.8. The Hall–Kier alpha value is -2.83. The van der Waals surface area contributed by atoms with E-state index in [0.717, 1.165) is 36.9 Å². The summed E-state index contributed by atoms with van der Waals surface area (Å²) < 4.78 is 5.09. The Morgan fingerprint density at radius 3 is 2.66 bits per heavy atom. The SMILES string of the molecule is C/C=C\C(=C/CC)Cn1cc(C(C)Nc2c(C)n(CC3CC3)c(=O)n(CCC)c2=O)cn1. The first-order valence-corrected chi connectivity index (χ1v) is 11.8. The average Bonchev–Trinajstić information content (AvgIpc) is 3.47. The monoisotopic (exact) mass is 439 g/mol. The van der Waals surface area contributed by atoms with Crippen LogP contribution >= 0.6 is 0 Å². The Morgan fingerprint density at radius 2 is 2.03 bits per heavy atom. The van der Waals surface area contributed by atoms with Gasteiger partial charge in [-0.15, -0.1) is 0 Å². The smallest absolute Gasteiger partial charge is 0.331 e. The van der Waals surface area contributed by atoms with Crippen molar-refractivity contribution >= 4 is 5.69 Å². The Balaban J connectivity index is 1.87. The zero-order chi connectivity index (χ0) is 23.3. The van der Waals surface area contributed by atoms with Gasteiger partial charge in [-0.2, -0.15) is 5.10 Å². The minimum atomic E-state index is -0.234. The van der Waals surface area contributed by atoms with Crippen molar-refractivity contribution in [2.45, 2.75) is 86.0 Å². The molecule has 0 aliphatic heterocycles. The summed E-state index contributed by atoms with van der Waals surface area (Å²) in [5.74, 6) is 0.546. The van der Waals surface area contributed by atoms with E-state index in [1.807, 2.05) is 50.8 Å². The second kappa shape index (κ2) is 10.7. The van der Waals surface area contributed by atoms with Crippen molar-refractivity contribution < 1.29 is 0 Å². The summed E-state index contributed by atoms with van der Waals surface area (Å²) >= 11 is 0. The van der Waals surface area contributed by atoms with Crippen LogP contribution < -0.4 is 16.6 Å². The summed E-state index contributed by atoms with van der Waals surface area (Å²) in [4.78, 5) is 26.1. The molecule has 174 valence electrons. The molecule has 1 fully saturated rings. The molecule has 0 aromatic carbocycles. The third-order valence-electron chi connectivity index (χ3n) is 5.98. The molecule has 0 amide bonds. The van der Waals surface area contributed by atoms with Crippen molar-refractivity contribution in [2.75, 3.05) is 5.32 Å². The van der Waals surface area contributed by atoms with Gasteiger partial charge >= 0.3 is 5.69 Å². The second-order valence-corrected chi connectivity index (χ2v) is 8.78. The number of hydrogen-bond acceptors (Lipinski definition) is 4. The normalized spacial score (nSPS) is 15.5. The molecule has 0 spiro atoms. The highest BCUT2D eigenvalue weighted by molar-refractivity contribution is 5.47. The molecule has 2 aromatic heterocycles. The predicted octanol–water partition coefficient (Wildman–Crippen LogP) is 4.42. The number of nitrogens with zero attached hydrogens (tertiary/aromatic N) is 4. The van der Waals surface area contributed by atoms with Crippen molar-refractivity contribution in [3.63, 3.8) is 0 Å². The van der Waals surface area contributed by atoms with E-state index >= 15 is 0 Å². The zero-order valence-corrected chi connectivity index (χ0v) is 20.1. The van der Waals surface area contributed by atoms with Crippen LogP contribution in [0.2, 0.25) is 0 Å². The van der Waals surface area contributed by atoms with E-state index in [1.54, 1.807) is 4.57 Å². The molecule has 1 atom stereocenters. The van der Waals surface area contributed by atoms with Gasteiger partial charge in [0.05, 0.1) is 18.8 Å². The summed E-state index contributed by atoms with van der Waals surface area (Å²) in [6, 6.07) is -0.113. The minimum absolute atomic E-state index is 0.113. The Morgan fingerprint density at radius 1 is 1.28 bits per heavy atom. The predicted molar refractivity (Wildman–Crippen MR) is 130 cm³/mol. The number of hydrogen-bond donors (Lipinski definition) is 1. The van der Waals surface area contributed by atoms with Crippen molar-refractivity contribution in [3.05, 3.63) is 68.3 Å². The third kappa shape index (κ3) is 5.50. The molecule has 3 rings (SSSR count). The molecule has 32 heavy (non-hydrogen) atoms. The van der Waals surface area contributed by atoms with E-state index in [4.69, 9.17) is 0 Å². The van der Waals surface area contributed by atoms with Crippen molar-refractivity contribution in [1.82, 2.24) is 18.9 Å². The number of allylic oxidation sites excluding steroid dienone is 4. The first-order valence-electron chi connectivity index (χ1n) is 11.8. The molecule has 0 bridgehead atoms. The van der Waals surface area contributed by atoms with Gasteiger partial charge in [0.1, 0.15) is 5.69 Å². The van der Waals surface area contributed by atoms with Gasteiger partial charge < -0.3 is 5.32 Å². The zero-order valence-electron chi connectivity index (χ0n) is 20.1. The standard InChI is InChI=1S/C25H37N5O2/c1-6-9-20(10-7-2)15-28-17-22(14-26-28)18(4)27-23-19(5)30(16-21-11-12-21)25(32)29(13-8-3)24(23)31/h6,9-10,14,17-18,21,27H,7-8,11-13,15-16H2,1-5H3/b9-6-,20-10+. The summed E-state index contributed by atoms with van der Waals surface area (Å²) in [5.41, 5.74) is 3.03. The topological polar surface area (TPSA) is 73.8 Å². The summed E-state index contributed by atoms with van der Waals surface area (Å²) in [5, 5.41) is 7.91. The van der Waals surface area contributed by atoms with Crippen LogP contribution in [-0.4, -0.2) is 18.9 Å². The van der Waals surface area contributed by atoms with Crippen LogP contribution in [0.5, 0.6) is 0 Å². The molecule has 1 aliphatic carbocycles. The van der Waals surface area contributed by atoms with Crippen LogP contribution in [0.25, 0.3) is 0 Å². The van der Waals surface area contributed by atoms with Crippen molar-refractivity contribution in [3.8, 4) is 0 Å². The summed E-state index contributed by atoms with van der Waals surface area (Å²) in [6.07, 6.45) is 14.2. The molecule has 0 saturated heterocycles. The lowest BCUT2D eigenvalue weighted by Crippen LogP contribution is -2.42. The van der Waals surface area contributed by atoms with Crippen LogP contribution in [0.3, 0.4) is 0 Å². The lowest BCUT2D eigenvalue weighted by Gasteiger charge is -2.20. The fourth-order valence-corrected chi connectivity index (χ4v) is 4.00. The molecule has 0 radical (unpaired) electrons. The van der Waals surface area contributed by atoms with Gasteiger partial charge in [0, 0.05) is 30.5 Å². The minimum Gasteiger partial charge on any atom is -0.373 e. The summed E-state index contributed by atoms with van der Waals surface area (Å²) in [7, 11) is 0. The van der Waals surface area contributed by atoms with E-state index in [1.165, 1.54) is 10.1 Å². The fourth-order valence-electron chi connectivity index (χ4n) is 4.00. The fraction of sp³-hybridized carbons (Fsp3) is 0.560. The molecular formula is C25H37N5O2. The molecule has 2 aromatic rings. The Labute approximate surface area is 190 Å². The largest absolute Gasteiger partial charge is 0.373 e. The molecule has 7 nitrogen and oxygen atoms in total. The van der Waals surface area contributed by atoms with E-state index in [9.17, 15) is 9.59 Å². The van der Waals surface area contributed by atoms with Crippen LogP contribution in [0.1, 0.15) is 70.7 Å². The lowest BCUT2D eigenvalue weighted by molar-refractivity contribution is 0.513. The van der Waals surface area contributed by atoms with E-state index in [2.05, 4.69) is 29.5 Å². The molecule has 1 N–H and O–H groups in total. The summed E-state index contributed by atoms with van der Waals surface area (Å²) in [6.45, 7) is 11.8. The Bertz CT molecular complexity index is 1100. The van der Waals surface area contributed by atoms with E-state index < -0.39 is 0 Å². The van der Waals surface area contributed by atoms with Gasteiger partial charge in [-0.3, -0.25) is 18.6 Å². The maximum Gasteiger partial charge on any atom is 0.331 e. The third-order valence-corrected chi connectivity index (χ3v) is 5.98. The second-order valence-electron chi connectivity index (χ2n) is 8.78. The molecule has 1 aliphatic rings. The van der Waals surface area contributed by atoms with Gasteiger partial charge in [-0.1, -0.05) is 32.1 Å². The van der Waals surface area contributed by atoms with Crippen LogP contribution in [-0.2, 0) is 19.6 Å². The van der Waals surface area contributed by atoms with Crippen LogP contribution in [0, 0.1) is 12.8 Å². The number of rotatable bonds is 11. The van der Waals surface area contributed by atoms with Gasteiger partial charge in [0.15, 0.2) is 0 Å². The maximum atomic E-state index is 13.2. The van der Waals surface area contributed by atoms with E-state index in [-0.39, 0.29) is 17.3 Å². The molecule has 1 saturated carbocycles. The molecular weight excluding hydrogens is 402 g/mol.